The molecular formula is C12H19N5O2. The largest absolute Gasteiger partial charge is 0.349 e. The number of carbonyl (C=O) groups excluding carboxylic acids is 2. The zero-order valence-electron chi connectivity index (χ0n) is 11.4. The topological polar surface area (TPSA) is 79.3 Å². The lowest BCUT2D eigenvalue weighted by Crippen LogP contribution is -2.42. The molecule has 2 amide bonds. The lowest BCUT2D eigenvalue weighted by atomic mass is 10.1. The highest BCUT2D eigenvalue weighted by atomic mass is 16.2. The Kier molecular flexibility index (Phi) is 3.84. The molecule has 2 atom stereocenters. The Morgan fingerprint density at radius 3 is 2.74 bits per heavy atom. The number of aryl methyl sites for hydroxylation is 1. The van der Waals surface area contributed by atoms with E-state index in [-0.39, 0.29) is 17.9 Å². The molecule has 1 aromatic heterocycles. The van der Waals surface area contributed by atoms with E-state index in [1.807, 2.05) is 0 Å². The van der Waals surface area contributed by atoms with Crippen LogP contribution in [0.5, 0.6) is 0 Å². The van der Waals surface area contributed by atoms with Crippen LogP contribution >= 0.6 is 0 Å². The Morgan fingerprint density at radius 1 is 1.53 bits per heavy atom. The second-order valence-corrected chi connectivity index (χ2v) is 4.85. The van der Waals surface area contributed by atoms with Crippen LogP contribution in [0.1, 0.15) is 18.0 Å². The third-order valence-electron chi connectivity index (χ3n) is 3.30. The minimum absolute atomic E-state index is 0.0627. The van der Waals surface area contributed by atoms with Crippen molar-refractivity contribution in [2.75, 3.05) is 20.6 Å². The van der Waals surface area contributed by atoms with Crippen molar-refractivity contribution in [3.8, 4) is 0 Å². The number of rotatable bonds is 4. The molecule has 0 spiro atoms. The number of hydrogen-bond acceptors (Lipinski definition) is 4. The first-order chi connectivity index (χ1) is 9.01. The van der Waals surface area contributed by atoms with Gasteiger partial charge in [0.05, 0.1) is 12.2 Å². The molecule has 19 heavy (non-hydrogen) atoms. The molecule has 0 bridgehead atoms. The first-order valence-corrected chi connectivity index (χ1v) is 6.21. The van der Waals surface area contributed by atoms with E-state index < -0.39 is 6.04 Å². The van der Waals surface area contributed by atoms with Crippen molar-refractivity contribution in [2.45, 2.75) is 18.5 Å². The number of likely N-dealkylation sites (N-methyl/N-ethyl adjacent to an activating group) is 2. The van der Waals surface area contributed by atoms with Gasteiger partial charge in [-0.3, -0.25) is 14.3 Å². The summed E-state index contributed by atoms with van der Waals surface area (Å²) in [6.07, 6.45) is 3.82. The summed E-state index contributed by atoms with van der Waals surface area (Å²) in [7, 11) is 5.27. The molecular weight excluding hydrogens is 246 g/mol. The van der Waals surface area contributed by atoms with Gasteiger partial charge in [-0.25, -0.2) is 0 Å². The number of hydrogen-bond donors (Lipinski definition) is 2. The zero-order valence-corrected chi connectivity index (χ0v) is 11.4. The monoisotopic (exact) mass is 265 g/mol. The summed E-state index contributed by atoms with van der Waals surface area (Å²) in [5.74, 6) is -0.0729. The van der Waals surface area contributed by atoms with Gasteiger partial charge < -0.3 is 15.5 Å². The second kappa shape index (κ2) is 5.40. The van der Waals surface area contributed by atoms with Crippen molar-refractivity contribution in [1.29, 1.82) is 0 Å². The van der Waals surface area contributed by atoms with E-state index in [4.69, 9.17) is 0 Å². The molecule has 0 aliphatic carbocycles. The van der Waals surface area contributed by atoms with Crippen molar-refractivity contribution in [3.63, 3.8) is 0 Å². The zero-order chi connectivity index (χ0) is 14.0. The van der Waals surface area contributed by atoms with Crippen LogP contribution in [-0.4, -0.2) is 53.2 Å². The molecule has 2 unspecified atom stereocenters. The van der Waals surface area contributed by atoms with E-state index >= 15 is 0 Å². The molecule has 7 heteroatoms. The van der Waals surface area contributed by atoms with E-state index in [1.54, 1.807) is 43.1 Å². The Bertz CT molecular complexity index is 484. The van der Waals surface area contributed by atoms with Crippen LogP contribution in [0.15, 0.2) is 12.4 Å². The third-order valence-corrected chi connectivity index (χ3v) is 3.30. The fraction of sp³-hybridized carbons (Fsp3) is 0.583. The molecule has 1 aromatic rings. The van der Waals surface area contributed by atoms with Crippen molar-refractivity contribution in [3.05, 3.63) is 18.0 Å². The van der Waals surface area contributed by atoms with E-state index in [0.717, 1.165) is 5.56 Å². The van der Waals surface area contributed by atoms with E-state index in [2.05, 4.69) is 15.7 Å². The van der Waals surface area contributed by atoms with Crippen LogP contribution in [0, 0.1) is 0 Å². The van der Waals surface area contributed by atoms with Crippen LogP contribution in [0.2, 0.25) is 0 Å². The maximum Gasteiger partial charge on any atom is 0.242 e. The third kappa shape index (κ3) is 2.93. The normalized spacial score (nSPS) is 20.7. The quantitative estimate of drug-likeness (QED) is 0.734. The highest BCUT2D eigenvalue weighted by Crippen LogP contribution is 2.14. The molecule has 7 nitrogen and oxygen atoms in total. The van der Waals surface area contributed by atoms with Gasteiger partial charge in [0.1, 0.15) is 6.04 Å². The number of carbonyl (C=O) groups is 2. The van der Waals surface area contributed by atoms with Gasteiger partial charge in [0.15, 0.2) is 0 Å². The molecule has 2 rings (SSSR count). The Hall–Kier alpha value is -1.89. The van der Waals surface area contributed by atoms with Crippen molar-refractivity contribution in [1.82, 2.24) is 25.3 Å². The molecule has 1 saturated heterocycles. The number of aromatic nitrogens is 2. The first-order valence-electron chi connectivity index (χ1n) is 6.21. The summed E-state index contributed by atoms with van der Waals surface area (Å²) >= 11 is 0. The standard InChI is InChI=1S/C12H19N5O2/c1-13-11(8-5-14-17(3)6-8)12(19)15-9-4-10(18)16(2)7-9/h5-6,9,11,13H,4,7H2,1-3H3,(H,15,19). The van der Waals surface area contributed by atoms with E-state index in [9.17, 15) is 9.59 Å². The van der Waals surface area contributed by atoms with Gasteiger partial charge in [-0.05, 0) is 7.05 Å². The van der Waals surface area contributed by atoms with Gasteiger partial charge in [-0.15, -0.1) is 0 Å². The second-order valence-electron chi connectivity index (χ2n) is 4.85. The van der Waals surface area contributed by atoms with Crippen LogP contribution in [-0.2, 0) is 16.6 Å². The molecule has 0 radical (unpaired) electrons. The summed E-state index contributed by atoms with van der Waals surface area (Å²) in [5, 5.41) is 9.92. The maximum atomic E-state index is 12.2. The van der Waals surface area contributed by atoms with Crippen LogP contribution < -0.4 is 10.6 Å². The van der Waals surface area contributed by atoms with Crippen LogP contribution in [0.3, 0.4) is 0 Å². The predicted molar refractivity (Wildman–Crippen MR) is 69.2 cm³/mol. The number of amides is 2. The molecule has 1 fully saturated rings. The Morgan fingerprint density at radius 2 is 2.26 bits per heavy atom. The summed E-state index contributed by atoms with van der Waals surface area (Å²) in [6.45, 7) is 0.564. The van der Waals surface area contributed by atoms with Crippen LogP contribution in [0.25, 0.3) is 0 Å². The highest BCUT2D eigenvalue weighted by Gasteiger charge is 2.30. The molecule has 2 heterocycles. The van der Waals surface area contributed by atoms with Crippen molar-refractivity contribution in [2.24, 2.45) is 7.05 Å². The lowest BCUT2D eigenvalue weighted by molar-refractivity contribution is -0.126. The highest BCUT2D eigenvalue weighted by molar-refractivity contribution is 5.85. The molecule has 0 aromatic carbocycles. The molecule has 104 valence electrons. The summed E-state index contributed by atoms with van der Waals surface area (Å²) in [5.41, 5.74) is 0.806. The fourth-order valence-electron chi connectivity index (χ4n) is 2.28. The van der Waals surface area contributed by atoms with Gasteiger partial charge in [-0.2, -0.15) is 5.10 Å². The summed E-state index contributed by atoms with van der Waals surface area (Å²) < 4.78 is 1.65. The van der Waals surface area contributed by atoms with Crippen molar-refractivity contribution >= 4 is 11.8 Å². The summed E-state index contributed by atoms with van der Waals surface area (Å²) in [6, 6.07) is -0.563. The van der Waals surface area contributed by atoms with Gasteiger partial charge in [0, 0.05) is 38.8 Å². The number of likely N-dealkylation sites (tertiary alicyclic amines) is 1. The average molecular weight is 265 g/mol. The van der Waals surface area contributed by atoms with E-state index in [0.29, 0.717) is 13.0 Å². The first kappa shape index (κ1) is 13.5. The minimum atomic E-state index is -0.449. The molecule has 2 N–H and O–H groups in total. The SMILES string of the molecule is CNC(C(=O)NC1CC(=O)N(C)C1)c1cnn(C)c1. The fourth-order valence-corrected chi connectivity index (χ4v) is 2.28. The van der Waals surface area contributed by atoms with Gasteiger partial charge in [0.2, 0.25) is 11.8 Å². The summed E-state index contributed by atoms with van der Waals surface area (Å²) in [4.78, 5) is 25.3. The maximum absolute atomic E-state index is 12.2. The smallest absolute Gasteiger partial charge is 0.242 e. The van der Waals surface area contributed by atoms with E-state index in [1.165, 1.54) is 0 Å². The Labute approximate surface area is 111 Å². The predicted octanol–water partition coefficient (Wildman–Crippen LogP) is -0.972. The van der Waals surface area contributed by atoms with Gasteiger partial charge in [0.25, 0.3) is 0 Å². The van der Waals surface area contributed by atoms with Gasteiger partial charge >= 0.3 is 0 Å². The molecule has 1 aliphatic rings. The average Bonchev–Trinajstić information content (AvgIpc) is 2.88. The number of nitrogens with one attached hydrogen (secondary N) is 2. The van der Waals surface area contributed by atoms with Crippen molar-refractivity contribution < 1.29 is 9.59 Å². The van der Waals surface area contributed by atoms with Crippen LogP contribution in [0.4, 0.5) is 0 Å². The lowest BCUT2D eigenvalue weighted by Gasteiger charge is -2.18. The van der Waals surface area contributed by atoms with Gasteiger partial charge in [-0.1, -0.05) is 0 Å². The number of nitrogens with zero attached hydrogens (tertiary/aromatic N) is 3. The Balaban J connectivity index is 2.00. The molecule has 1 aliphatic heterocycles. The molecule has 0 saturated carbocycles. The minimum Gasteiger partial charge on any atom is -0.349 e.